The second-order valence-corrected chi connectivity index (χ2v) is 14.5. The quantitative estimate of drug-likeness (QED) is 0.0285. The van der Waals surface area contributed by atoms with Crippen LogP contribution in [0, 0.1) is 11.8 Å². The Morgan fingerprint density at radius 1 is 0.500 bits per heavy atom. The number of rotatable bonds is 39. The molecule has 2 unspecified atom stereocenters. The molecule has 52 heavy (non-hydrogen) atoms. The second kappa shape index (κ2) is 37.2. The number of aliphatic hydroxyl groups excluding tert-OH is 1. The third-order valence-corrected chi connectivity index (χ3v) is 9.65. The molecule has 0 heterocycles. The van der Waals surface area contributed by atoms with E-state index in [0.717, 1.165) is 90.0 Å². The van der Waals surface area contributed by atoms with E-state index in [-0.39, 0.29) is 42.8 Å². The first-order valence-electron chi connectivity index (χ1n) is 21.4. The molecule has 0 aliphatic heterocycles. The molecule has 0 aromatic rings. The molecule has 0 amide bonds. The lowest BCUT2D eigenvalue weighted by Crippen LogP contribution is -2.29. The van der Waals surface area contributed by atoms with Crippen LogP contribution in [0.25, 0.3) is 0 Å². The maximum atomic E-state index is 12.7. The number of hydrogen-bond acceptors (Lipinski definition) is 9. The van der Waals surface area contributed by atoms with Crippen LogP contribution in [0.5, 0.6) is 0 Å². The zero-order valence-electron chi connectivity index (χ0n) is 34.2. The van der Waals surface area contributed by atoms with Gasteiger partial charge in [0, 0.05) is 26.1 Å². The summed E-state index contributed by atoms with van der Waals surface area (Å²) in [6.07, 6.45) is 22.6. The van der Waals surface area contributed by atoms with E-state index in [2.05, 4.69) is 39.2 Å². The number of ether oxygens (including phenoxy) is 4. The summed E-state index contributed by atoms with van der Waals surface area (Å²) in [5.41, 5.74) is 0. The number of unbranched alkanes of at least 4 members (excludes halogenated alkanes) is 11. The lowest BCUT2D eigenvalue weighted by atomic mass is 9.95. The Morgan fingerprint density at radius 3 is 1.42 bits per heavy atom. The van der Waals surface area contributed by atoms with Crippen LogP contribution < -0.4 is 0 Å². The average molecular weight is 740 g/mol. The van der Waals surface area contributed by atoms with Crippen LogP contribution in [0.15, 0.2) is 12.3 Å². The Labute approximate surface area is 319 Å². The summed E-state index contributed by atoms with van der Waals surface area (Å²) in [4.78, 5) is 39.9. The standard InChI is InChI=1S/C43H81NO8/c1-6-10-14-16-26-39(24-12-8-3)42(47)51-36-22-20-34-49-38(5)28-31-44(30-18-19-33-45)32-29-41(46)50-35-21-23-37-52-43(48)40(25-13-9-4)27-17-15-11-7-2/h39-40,45H,5-37H2,1-4H3. The topological polar surface area (TPSA) is 112 Å². The zero-order valence-corrected chi connectivity index (χ0v) is 34.2. The summed E-state index contributed by atoms with van der Waals surface area (Å²) in [5.74, 6) is 0.369. The Hall–Kier alpha value is -2.13. The minimum atomic E-state index is -0.236. The molecule has 0 spiro atoms. The highest BCUT2D eigenvalue weighted by Crippen LogP contribution is 2.20. The van der Waals surface area contributed by atoms with Crippen LogP contribution >= 0.6 is 0 Å². The van der Waals surface area contributed by atoms with Crippen LogP contribution in [0.3, 0.4) is 0 Å². The van der Waals surface area contributed by atoms with E-state index >= 15 is 0 Å². The molecule has 0 fully saturated rings. The molecular formula is C43H81NO8. The number of esters is 3. The zero-order chi connectivity index (χ0) is 38.5. The van der Waals surface area contributed by atoms with Gasteiger partial charge in [-0.1, -0.05) is 111 Å². The van der Waals surface area contributed by atoms with Gasteiger partial charge in [0.1, 0.15) is 0 Å². The Bertz CT molecular complexity index is 802. The van der Waals surface area contributed by atoms with E-state index < -0.39 is 0 Å². The van der Waals surface area contributed by atoms with Crippen molar-refractivity contribution in [3.63, 3.8) is 0 Å². The van der Waals surface area contributed by atoms with Crippen molar-refractivity contribution in [2.75, 3.05) is 52.7 Å². The minimum absolute atomic E-state index is 0.000271. The van der Waals surface area contributed by atoms with E-state index in [4.69, 9.17) is 18.9 Å². The molecule has 2 atom stereocenters. The van der Waals surface area contributed by atoms with Gasteiger partial charge >= 0.3 is 17.9 Å². The SMILES string of the molecule is C=C(CCN(CCCCO)CCC(=O)OCCCCOC(=O)C(CCCC)CCCCCC)OCCCCOC(=O)C(CCCC)CCCCCC. The van der Waals surface area contributed by atoms with Gasteiger partial charge in [-0.15, -0.1) is 0 Å². The first kappa shape index (κ1) is 49.9. The monoisotopic (exact) mass is 740 g/mol. The Morgan fingerprint density at radius 2 is 0.942 bits per heavy atom. The van der Waals surface area contributed by atoms with Gasteiger partial charge in [-0.2, -0.15) is 0 Å². The molecule has 0 saturated carbocycles. The summed E-state index contributed by atoms with van der Waals surface area (Å²) in [6.45, 7) is 16.6. The van der Waals surface area contributed by atoms with E-state index in [1.807, 2.05) is 0 Å². The van der Waals surface area contributed by atoms with Crippen molar-refractivity contribution in [2.45, 2.75) is 182 Å². The van der Waals surface area contributed by atoms with E-state index in [0.29, 0.717) is 71.0 Å². The average Bonchev–Trinajstić information content (AvgIpc) is 3.14. The molecule has 0 rings (SSSR count). The first-order valence-corrected chi connectivity index (χ1v) is 21.4. The normalized spacial score (nSPS) is 12.4. The van der Waals surface area contributed by atoms with E-state index in [1.165, 1.54) is 38.5 Å². The lowest BCUT2D eigenvalue weighted by Gasteiger charge is -2.22. The third-order valence-electron chi connectivity index (χ3n) is 9.65. The van der Waals surface area contributed by atoms with Crippen LogP contribution in [-0.2, 0) is 33.3 Å². The van der Waals surface area contributed by atoms with Crippen molar-refractivity contribution in [2.24, 2.45) is 11.8 Å². The molecule has 0 saturated heterocycles. The highest BCUT2D eigenvalue weighted by molar-refractivity contribution is 5.72. The molecule has 0 aromatic heterocycles. The molecule has 0 radical (unpaired) electrons. The number of carbonyl (C=O) groups is 3. The fourth-order valence-corrected chi connectivity index (χ4v) is 6.15. The maximum Gasteiger partial charge on any atom is 0.308 e. The van der Waals surface area contributed by atoms with Crippen molar-refractivity contribution in [1.29, 1.82) is 0 Å². The fourth-order valence-electron chi connectivity index (χ4n) is 6.15. The van der Waals surface area contributed by atoms with Gasteiger partial charge in [0.25, 0.3) is 0 Å². The minimum Gasteiger partial charge on any atom is -0.499 e. The highest BCUT2D eigenvalue weighted by Gasteiger charge is 2.20. The van der Waals surface area contributed by atoms with Gasteiger partial charge in [-0.3, -0.25) is 14.4 Å². The summed E-state index contributed by atoms with van der Waals surface area (Å²) >= 11 is 0. The summed E-state index contributed by atoms with van der Waals surface area (Å²) in [7, 11) is 0. The van der Waals surface area contributed by atoms with Crippen LogP contribution in [-0.4, -0.2) is 80.6 Å². The molecule has 9 heteroatoms. The van der Waals surface area contributed by atoms with Crippen LogP contribution in [0.2, 0.25) is 0 Å². The predicted molar refractivity (Wildman–Crippen MR) is 212 cm³/mol. The van der Waals surface area contributed by atoms with E-state index in [1.54, 1.807) is 0 Å². The van der Waals surface area contributed by atoms with Gasteiger partial charge in [0.2, 0.25) is 0 Å². The highest BCUT2D eigenvalue weighted by atomic mass is 16.5. The number of aliphatic hydroxyl groups is 1. The summed E-state index contributed by atoms with van der Waals surface area (Å²) in [6, 6.07) is 0. The molecule has 0 aliphatic rings. The van der Waals surface area contributed by atoms with Crippen LogP contribution in [0.1, 0.15) is 182 Å². The number of hydrogen-bond donors (Lipinski definition) is 1. The van der Waals surface area contributed by atoms with Gasteiger partial charge < -0.3 is 29.0 Å². The molecule has 306 valence electrons. The summed E-state index contributed by atoms with van der Waals surface area (Å²) in [5, 5.41) is 9.24. The van der Waals surface area contributed by atoms with Gasteiger partial charge in [0.15, 0.2) is 0 Å². The van der Waals surface area contributed by atoms with Gasteiger partial charge in [0.05, 0.1) is 50.4 Å². The molecule has 0 aromatic carbocycles. The van der Waals surface area contributed by atoms with E-state index in [9.17, 15) is 19.5 Å². The summed E-state index contributed by atoms with van der Waals surface area (Å²) < 4.78 is 22.5. The lowest BCUT2D eigenvalue weighted by molar-refractivity contribution is -0.150. The van der Waals surface area contributed by atoms with Crippen molar-refractivity contribution in [3.8, 4) is 0 Å². The first-order chi connectivity index (χ1) is 25.3. The fraction of sp³-hybridized carbons (Fsp3) is 0.884. The predicted octanol–water partition coefficient (Wildman–Crippen LogP) is 10.1. The van der Waals surface area contributed by atoms with Crippen LogP contribution in [0.4, 0.5) is 0 Å². The molecular weight excluding hydrogens is 658 g/mol. The third kappa shape index (κ3) is 30.3. The molecule has 0 aliphatic carbocycles. The van der Waals surface area contributed by atoms with Crippen molar-refractivity contribution >= 4 is 17.9 Å². The smallest absolute Gasteiger partial charge is 0.308 e. The van der Waals surface area contributed by atoms with Crippen molar-refractivity contribution < 1.29 is 38.4 Å². The van der Waals surface area contributed by atoms with Gasteiger partial charge in [-0.25, -0.2) is 0 Å². The number of carbonyl (C=O) groups excluding carboxylic acids is 3. The molecule has 9 nitrogen and oxygen atoms in total. The maximum absolute atomic E-state index is 12.7. The molecule has 0 bridgehead atoms. The number of nitrogens with zero attached hydrogens (tertiary/aromatic N) is 1. The Kier molecular flexibility index (Phi) is 35.7. The van der Waals surface area contributed by atoms with Gasteiger partial charge in [-0.05, 0) is 70.8 Å². The largest absolute Gasteiger partial charge is 0.499 e. The van der Waals surface area contributed by atoms with Crippen molar-refractivity contribution in [3.05, 3.63) is 12.3 Å². The second-order valence-electron chi connectivity index (χ2n) is 14.5. The molecule has 1 N–H and O–H groups in total. The van der Waals surface area contributed by atoms with Crippen molar-refractivity contribution in [1.82, 2.24) is 4.90 Å². The Balaban J connectivity index is 4.31.